The number of aromatic nitrogens is 1. The number of aromatic hydroxyl groups is 2. The van der Waals surface area contributed by atoms with Gasteiger partial charge in [-0.05, 0) is 19.8 Å². The Morgan fingerprint density at radius 2 is 1.94 bits per heavy atom. The summed E-state index contributed by atoms with van der Waals surface area (Å²) in [7, 11) is 0. The zero-order valence-corrected chi connectivity index (χ0v) is 10.8. The monoisotopic (exact) mass is 251 g/mol. The highest BCUT2D eigenvalue weighted by molar-refractivity contribution is 5.52. The number of nitrogens with zero attached hydrogens (tertiary/aromatic N) is 2. The van der Waals surface area contributed by atoms with Crippen molar-refractivity contribution in [1.82, 2.24) is 4.57 Å². The zero-order chi connectivity index (χ0) is 13.5. The molecule has 5 nitrogen and oxygen atoms in total. The summed E-state index contributed by atoms with van der Waals surface area (Å²) in [6.45, 7) is 5.25. The lowest BCUT2D eigenvalue weighted by Gasteiger charge is -2.24. The van der Waals surface area contributed by atoms with E-state index in [0.717, 1.165) is 25.7 Å². The van der Waals surface area contributed by atoms with Crippen molar-refractivity contribution in [3.63, 3.8) is 0 Å². The molecule has 0 saturated heterocycles. The fourth-order valence-electron chi connectivity index (χ4n) is 2.27. The summed E-state index contributed by atoms with van der Waals surface area (Å²) in [5.74, 6) is -0.0835. The van der Waals surface area contributed by atoms with E-state index in [0.29, 0.717) is 0 Å². The Bertz CT molecular complexity index is 407. The molecule has 18 heavy (non-hydrogen) atoms. The summed E-state index contributed by atoms with van der Waals surface area (Å²) in [5, 5.41) is 22.6. The smallest absolute Gasteiger partial charge is 0.222 e. The predicted octanol–water partition coefficient (Wildman–Crippen LogP) is 4.26. The van der Waals surface area contributed by atoms with E-state index in [1.807, 2.05) is 6.92 Å². The van der Waals surface area contributed by atoms with Gasteiger partial charge in [0.25, 0.3) is 0 Å². The average molecular weight is 251 g/mol. The van der Waals surface area contributed by atoms with Gasteiger partial charge in [-0.1, -0.05) is 25.3 Å². The number of allylic oxidation sites excluding steroid dienone is 1. The van der Waals surface area contributed by atoms with Gasteiger partial charge in [0.15, 0.2) is 11.6 Å². The minimum absolute atomic E-state index is 0.00500. The Labute approximate surface area is 107 Å². The van der Waals surface area contributed by atoms with Gasteiger partial charge in [0.1, 0.15) is 0 Å². The molecule has 0 radical (unpaired) electrons. The molecule has 0 bridgehead atoms. The maximum Gasteiger partial charge on any atom is 0.222 e. The Balaban J connectivity index is 0.000000492. The molecule has 1 fully saturated rings. The van der Waals surface area contributed by atoms with Crippen molar-refractivity contribution in [3.8, 4) is 11.8 Å². The molecule has 1 aromatic rings. The van der Waals surface area contributed by atoms with E-state index in [2.05, 4.69) is 11.7 Å². The molecule has 0 unspecified atom stereocenters. The first-order valence-electron chi connectivity index (χ1n) is 6.23. The molecule has 0 amide bonds. The molecular weight excluding hydrogens is 230 g/mol. The molecule has 1 aromatic heterocycles. The van der Waals surface area contributed by atoms with Crippen LogP contribution in [0.1, 0.15) is 45.1 Å². The molecule has 2 rings (SSSR count). The highest BCUT2D eigenvalue weighted by atomic mass is 16.3. The molecule has 1 aliphatic carbocycles. The first-order valence-corrected chi connectivity index (χ1v) is 6.23. The number of nitrogens with one attached hydrogen (secondary N) is 1. The number of hydrogen-bond acceptors (Lipinski definition) is 4. The lowest BCUT2D eigenvalue weighted by molar-refractivity contribution is 0.282. The molecule has 0 aromatic carbocycles. The minimum Gasteiger partial charge on any atom is -0.494 e. The summed E-state index contributed by atoms with van der Waals surface area (Å²) in [6, 6.07) is 1.48. The minimum atomic E-state index is -0.0885. The fourth-order valence-corrected chi connectivity index (χ4v) is 2.27. The molecule has 1 aliphatic rings. The van der Waals surface area contributed by atoms with Crippen LogP contribution in [0.25, 0.3) is 0 Å². The van der Waals surface area contributed by atoms with Gasteiger partial charge in [-0.3, -0.25) is 4.57 Å². The van der Waals surface area contributed by atoms with E-state index < -0.39 is 0 Å². The first kappa shape index (κ1) is 14.3. The summed E-state index contributed by atoms with van der Waals surface area (Å²) in [4.78, 5) is 0. The molecular formula is C13H21N3O2. The summed E-state index contributed by atoms with van der Waals surface area (Å²) in [6.07, 6.45) is 7.14. The second-order valence-corrected chi connectivity index (χ2v) is 4.39. The molecule has 1 saturated carbocycles. The van der Waals surface area contributed by atoms with Crippen LogP contribution < -0.4 is 0 Å². The molecule has 3 N–H and O–H groups in total. The van der Waals surface area contributed by atoms with Gasteiger partial charge >= 0.3 is 0 Å². The van der Waals surface area contributed by atoms with Crippen molar-refractivity contribution in [2.24, 2.45) is 5.11 Å². The second kappa shape index (κ2) is 6.83. The maximum absolute atomic E-state index is 9.75. The Hall–Kier alpha value is -1.78. The van der Waals surface area contributed by atoms with Gasteiger partial charge in [-0.2, -0.15) is 5.11 Å². The van der Waals surface area contributed by atoms with Crippen LogP contribution in [0, 0.1) is 5.53 Å². The standard InChI is InChI=1S/C10H15N3O2.C3H6/c11-12-8-6-9(14)13(10(8)15)7-4-2-1-3-5-7;1-3-2/h6-7,11,14-15H,1-5H2;3H,1H2,2H3. The van der Waals surface area contributed by atoms with E-state index in [-0.39, 0.29) is 23.5 Å². The fraction of sp³-hybridized carbons (Fsp3) is 0.538. The second-order valence-electron chi connectivity index (χ2n) is 4.39. The average Bonchev–Trinajstić information content (AvgIpc) is 2.66. The molecule has 0 atom stereocenters. The van der Waals surface area contributed by atoms with E-state index in [1.54, 1.807) is 6.08 Å². The van der Waals surface area contributed by atoms with Crippen molar-refractivity contribution < 1.29 is 10.2 Å². The quantitative estimate of drug-likeness (QED) is 0.542. The normalized spacial score (nSPS) is 15.6. The summed E-state index contributed by atoms with van der Waals surface area (Å²) >= 11 is 0. The third-order valence-corrected chi connectivity index (χ3v) is 3.03. The largest absolute Gasteiger partial charge is 0.494 e. The zero-order valence-electron chi connectivity index (χ0n) is 10.8. The number of rotatable bonds is 2. The van der Waals surface area contributed by atoms with E-state index >= 15 is 0 Å². The van der Waals surface area contributed by atoms with Crippen LogP contribution in [0.4, 0.5) is 5.69 Å². The molecule has 0 aliphatic heterocycles. The summed E-state index contributed by atoms with van der Waals surface area (Å²) in [5.41, 5.74) is 6.99. The predicted molar refractivity (Wildman–Crippen MR) is 70.6 cm³/mol. The van der Waals surface area contributed by atoms with Crippen LogP contribution >= 0.6 is 0 Å². The third kappa shape index (κ3) is 3.12. The Morgan fingerprint density at radius 3 is 2.39 bits per heavy atom. The van der Waals surface area contributed by atoms with Crippen LogP contribution in [0.3, 0.4) is 0 Å². The molecule has 0 spiro atoms. The molecule has 1 heterocycles. The van der Waals surface area contributed by atoms with Gasteiger partial charge in [0, 0.05) is 12.1 Å². The lowest BCUT2D eigenvalue weighted by atomic mass is 9.95. The Kier molecular flexibility index (Phi) is 5.42. The van der Waals surface area contributed by atoms with Gasteiger partial charge in [0.05, 0.1) is 0 Å². The maximum atomic E-state index is 9.75. The van der Waals surface area contributed by atoms with Crippen LogP contribution in [-0.4, -0.2) is 14.8 Å². The van der Waals surface area contributed by atoms with Gasteiger partial charge < -0.3 is 10.2 Å². The number of hydrogen-bond donors (Lipinski definition) is 3. The van der Waals surface area contributed by atoms with Crippen LogP contribution in [0.2, 0.25) is 0 Å². The van der Waals surface area contributed by atoms with Crippen molar-refractivity contribution in [1.29, 1.82) is 5.53 Å². The van der Waals surface area contributed by atoms with Crippen LogP contribution in [0.5, 0.6) is 11.8 Å². The third-order valence-electron chi connectivity index (χ3n) is 3.03. The van der Waals surface area contributed by atoms with E-state index in [1.165, 1.54) is 17.1 Å². The van der Waals surface area contributed by atoms with Crippen molar-refractivity contribution in [3.05, 3.63) is 18.7 Å². The SMILES string of the molecule is C=CC.N=Nc1cc(O)n(C2CCCCC2)c1O. The lowest BCUT2D eigenvalue weighted by Crippen LogP contribution is -2.11. The molecule has 5 heteroatoms. The highest BCUT2D eigenvalue weighted by Crippen LogP contribution is 2.41. The van der Waals surface area contributed by atoms with Crippen LogP contribution in [0.15, 0.2) is 23.8 Å². The van der Waals surface area contributed by atoms with Gasteiger partial charge in [-0.25, -0.2) is 5.53 Å². The van der Waals surface area contributed by atoms with Gasteiger partial charge in [0.2, 0.25) is 5.88 Å². The van der Waals surface area contributed by atoms with Crippen molar-refractivity contribution >= 4 is 5.69 Å². The van der Waals surface area contributed by atoms with Crippen molar-refractivity contribution in [2.75, 3.05) is 0 Å². The van der Waals surface area contributed by atoms with Crippen LogP contribution in [-0.2, 0) is 0 Å². The topological polar surface area (TPSA) is 81.6 Å². The van der Waals surface area contributed by atoms with E-state index in [4.69, 9.17) is 5.53 Å². The van der Waals surface area contributed by atoms with E-state index in [9.17, 15) is 10.2 Å². The first-order chi connectivity index (χ1) is 8.65. The van der Waals surface area contributed by atoms with Gasteiger partial charge in [-0.15, -0.1) is 6.58 Å². The highest BCUT2D eigenvalue weighted by Gasteiger charge is 2.23. The Morgan fingerprint density at radius 1 is 1.39 bits per heavy atom. The summed E-state index contributed by atoms with van der Waals surface area (Å²) < 4.78 is 1.49. The van der Waals surface area contributed by atoms with Crippen molar-refractivity contribution in [2.45, 2.75) is 45.1 Å². The molecule has 100 valence electrons.